The van der Waals surface area contributed by atoms with Crippen molar-refractivity contribution in [2.24, 2.45) is 0 Å². The average molecular weight is 298 g/mol. The van der Waals surface area contributed by atoms with E-state index in [-0.39, 0.29) is 6.61 Å². The number of terminal acetylenes is 1. The summed E-state index contributed by atoms with van der Waals surface area (Å²) in [6.45, 7) is -0.847. The fourth-order valence-electron chi connectivity index (χ4n) is 2.12. The SMILES string of the molecule is C#C[C@@]1(O)[C@H](O)[C@@H](COCO)O[C@H]1n1ccc(=O)[nH]c1=O. The fraction of sp³-hybridized carbons (Fsp3) is 0.500. The number of rotatable bonds is 4. The van der Waals surface area contributed by atoms with Crippen LogP contribution in [0.4, 0.5) is 0 Å². The van der Waals surface area contributed by atoms with Crippen LogP contribution < -0.4 is 11.2 Å². The van der Waals surface area contributed by atoms with Crippen LogP contribution in [0.3, 0.4) is 0 Å². The van der Waals surface area contributed by atoms with Crippen LogP contribution in [0.5, 0.6) is 0 Å². The van der Waals surface area contributed by atoms with Crippen LogP contribution in [0.2, 0.25) is 0 Å². The number of H-pyrrole nitrogens is 1. The molecule has 0 bridgehead atoms. The fourth-order valence-corrected chi connectivity index (χ4v) is 2.12. The third kappa shape index (κ3) is 2.63. The second-order valence-corrected chi connectivity index (χ2v) is 4.46. The largest absolute Gasteiger partial charge is 0.386 e. The first-order valence-electron chi connectivity index (χ1n) is 5.97. The van der Waals surface area contributed by atoms with Crippen molar-refractivity contribution in [1.29, 1.82) is 0 Å². The zero-order valence-electron chi connectivity index (χ0n) is 10.8. The van der Waals surface area contributed by atoms with E-state index < -0.39 is 42.1 Å². The van der Waals surface area contributed by atoms with Gasteiger partial charge in [0.05, 0.1) is 6.61 Å². The van der Waals surface area contributed by atoms with E-state index in [0.717, 1.165) is 16.8 Å². The molecule has 4 N–H and O–H groups in total. The third-order valence-corrected chi connectivity index (χ3v) is 3.19. The van der Waals surface area contributed by atoms with Gasteiger partial charge in [0.2, 0.25) is 0 Å². The lowest BCUT2D eigenvalue weighted by Crippen LogP contribution is -2.48. The van der Waals surface area contributed by atoms with E-state index in [2.05, 4.69) is 0 Å². The molecule has 114 valence electrons. The van der Waals surface area contributed by atoms with Gasteiger partial charge in [-0.25, -0.2) is 4.79 Å². The van der Waals surface area contributed by atoms with Crippen LogP contribution in [0.25, 0.3) is 0 Å². The van der Waals surface area contributed by atoms with Crippen molar-refractivity contribution in [3.05, 3.63) is 33.1 Å². The van der Waals surface area contributed by atoms with Gasteiger partial charge in [-0.15, -0.1) is 6.42 Å². The lowest BCUT2D eigenvalue weighted by molar-refractivity contribution is -0.0972. The van der Waals surface area contributed by atoms with Crippen molar-refractivity contribution in [2.75, 3.05) is 13.4 Å². The molecule has 0 radical (unpaired) electrons. The van der Waals surface area contributed by atoms with E-state index in [1.54, 1.807) is 0 Å². The Balaban J connectivity index is 2.40. The molecule has 1 aromatic rings. The van der Waals surface area contributed by atoms with Gasteiger partial charge in [-0.2, -0.15) is 0 Å². The third-order valence-electron chi connectivity index (χ3n) is 3.19. The lowest BCUT2D eigenvalue weighted by Gasteiger charge is -2.26. The molecule has 1 aliphatic heterocycles. The molecule has 2 rings (SSSR count). The summed E-state index contributed by atoms with van der Waals surface area (Å²) < 4.78 is 10.9. The predicted molar refractivity (Wildman–Crippen MR) is 68.1 cm³/mol. The van der Waals surface area contributed by atoms with Gasteiger partial charge < -0.3 is 24.8 Å². The minimum atomic E-state index is -2.19. The Morgan fingerprint density at radius 2 is 2.29 bits per heavy atom. The van der Waals surface area contributed by atoms with E-state index in [1.807, 2.05) is 10.9 Å². The van der Waals surface area contributed by atoms with Gasteiger partial charge in [-0.1, -0.05) is 5.92 Å². The highest BCUT2D eigenvalue weighted by Gasteiger charge is 2.55. The number of ether oxygens (including phenoxy) is 2. The summed E-state index contributed by atoms with van der Waals surface area (Å²) in [6, 6.07) is 1.05. The molecule has 9 nitrogen and oxygen atoms in total. The molecular weight excluding hydrogens is 284 g/mol. The van der Waals surface area contributed by atoms with E-state index >= 15 is 0 Å². The molecule has 0 amide bonds. The molecule has 9 heteroatoms. The van der Waals surface area contributed by atoms with E-state index in [0.29, 0.717) is 0 Å². The Labute approximate surface area is 118 Å². The summed E-state index contributed by atoms with van der Waals surface area (Å²) >= 11 is 0. The van der Waals surface area contributed by atoms with Crippen LogP contribution in [0.15, 0.2) is 21.9 Å². The van der Waals surface area contributed by atoms with Crippen molar-refractivity contribution in [3.63, 3.8) is 0 Å². The number of hydrogen-bond acceptors (Lipinski definition) is 7. The highest BCUT2D eigenvalue weighted by molar-refractivity contribution is 5.19. The second kappa shape index (κ2) is 5.80. The van der Waals surface area contributed by atoms with Crippen LogP contribution in [-0.2, 0) is 9.47 Å². The molecule has 0 aliphatic carbocycles. The summed E-state index contributed by atoms with van der Waals surface area (Å²) in [5.74, 6) is 2.00. The maximum atomic E-state index is 11.8. The molecule has 1 aliphatic rings. The van der Waals surface area contributed by atoms with Gasteiger partial charge in [-0.3, -0.25) is 14.3 Å². The van der Waals surface area contributed by atoms with Gasteiger partial charge in [0, 0.05) is 12.3 Å². The molecule has 0 aromatic carbocycles. The smallest absolute Gasteiger partial charge is 0.330 e. The van der Waals surface area contributed by atoms with Crippen molar-refractivity contribution >= 4 is 0 Å². The van der Waals surface area contributed by atoms with Crippen molar-refractivity contribution in [1.82, 2.24) is 9.55 Å². The average Bonchev–Trinajstić information content (AvgIpc) is 2.70. The first kappa shape index (κ1) is 15.4. The van der Waals surface area contributed by atoms with Crippen molar-refractivity contribution in [3.8, 4) is 12.3 Å². The first-order chi connectivity index (χ1) is 9.93. The predicted octanol–water partition coefficient (Wildman–Crippen LogP) is -2.87. The van der Waals surface area contributed by atoms with Crippen LogP contribution in [0, 0.1) is 12.3 Å². The number of aliphatic hydroxyl groups excluding tert-OH is 2. The van der Waals surface area contributed by atoms with E-state index in [4.69, 9.17) is 21.0 Å². The summed E-state index contributed by atoms with van der Waals surface area (Å²) in [4.78, 5) is 24.8. The number of aromatic amines is 1. The Morgan fingerprint density at radius 1 is 1.57 bits per heavy atom. The lowest BCUT2D eigenvalue weighted by atomic mass is 9.95. The summed E-state index contributed by atoms with van der Waals surface area (Å²) in [6.07, 6.45) is 2.33. The number of hydrogen-bond donors (Lipinski definition) is 4. The maximum Gasteiger partial charge on any atom is 0.330 e. The van der Waals surface area contributed by atoms with Gasteiger partial charge in [0.1, 0.15) is 19.0 Å². The van der Waals surface area contributed by atoms with E-state index in [1.165, 1.54) is 0 Å². The highest BCUT2D eigenvalue weighted by Crippen LogP contribution is 2.37. The van der Waals surface area contributed by atoms with E-state index in [9.17, 15) is 19.8 Å². The molecule has 0 unspecified atom stereocenters. The minimum Gasteiger partial charge on any atom is -0.386 e. The molecule has 2 heterocycles. The standard InChI is InChI=1S/C12H14N2O7/c1-2-12(19)9(17)7(5-20-6-15)21-10(12)14-4-3-8(16)13-11(14)18/h1,3-4,7,9-10,15,17,19H,5-6H2,(H,13,16,18)/t7-,9-,10-,12-/m1/s1. The molecule has 1 aromatic heterocycles. The maximum absolute atomic E-state index is 11.8. The van der Waals surface area contributed by atoms with Crippen LogP contribution >= 0.6 is 0 Å². The summed E-state index contributed by atoms with van der Waals surface area (Å²) in [5, 5.41) is 29.0. The quantitative estimate of drug-likeness (QED) is 0.346. The Hall–Kier alpha value is -1.96. The van der Waals surface area contributed by atoms with Crippen molar-refractivity contribution < 1.29 is 24.8 Å². The van der Waals surface area contributed by atoms with Crippen LogP contribution in [-0.4, -0.2) is 56.1 Å². The topological polar surface area (TPSA) is 134 Å². The zero-order valence-corrected chi connectivity index (χ0v) is 10.8. The normalized spacial score (nSPS) is 32.0. The molecule has 1 saturated heterocycles. The van der Waals surface area contributed by atoms with Gasteiger partial charge in [0.15, 0.2) is 11.8 Å². The van der Waals surface area contributed by atoms with Gasteiger partial charge in [0.25, 0.3) is 5.56 Å². The molecule has 21 heavy (non-hydrogen) atoms. The molecular formula is C12H14N2O7. The number of nitrogens with one attached hydrogen (secondary N) is 1. The summed E-state index contributed by atoms with van der Waals surface area (Å²) in [5.41, 5.74) is -3.66. The molecule has 4 atom stereocenters. The summed E-state index contributed by atoms with van der Waals surface area (Å²) in [7, 11) is 0. The first-order valence-corrected chi connectivity index (χ1v) is 5.97. The minimum absolute atomic E-state index is 0.240. The molecule has 1 fully saturated rings. The Kier molecular flexibility index (Phi) is 4.26. The highest BCUT2D eigenvalue weighted by atomic mass is 16.6. The Bertz CT molecular complexity index is 661. The van der Waals surface area contributed by atoms with Gasteiger partial charge in [-0.05, 0) is 0 Å². The van der Waals surface area contributed by atoms with Crippen LogP contribution in [0.1, 0.15) is 6.23 Å². The Morgan fingerprint density at radius 3 is 2.86 bits per heavy atom. The number of aliphatic hydroxyl groups is 3. The number of aromatic nitrogens is 2. The zero-order chi connectivity index (χ0) is 15.6. The van der Waals surface area contributed by atoms with Crippen molar-refractivity contribution in [2.45, 2.75) is 24.0 Å². The molecule has 0 saturated carbocycles. The number of nitrogens with zero attached hydrogens (tertiary/aromatic N) is 1. The molecule has 0 spiro atoms. The second-order valence-electron chi connectivity index (χ2n) is 4.46. The van der Waals surface area contributed by atoms with Gasteiger partial charge >= 0.3 is 5.69 Å². The monoisotopic (exact) mass is 298 g/mol.